The van der Waals surface area contributed by atoms with Gasteiger partial charge in [-0.3, -0.25) is 4.79 Å². The van der Waals surface area contributed by atoms with E-state index < -0.39 is 0 Å². The van der Waals surface area contributed by atoms with Crippen LogP contribution in [0.4, 0.5) is 5.82 Å². The zero-order chi connectivity index (χ0) is 18.6. The molecule has 4 rings (SSSR count). The van der Waals surface area contributed by atoms with Gasteiger partial charge >= 0.3 is 0 Å². The number of nitrogens with zero attached hydrogens (tertiary/aromatic N) is 3. The molecule has 0 N–H and O–H groups in total. The van der Waals surface area contributed by atoms with Gasteiger partial charge in [0.05, 0.1) is 25.3 Å². The molecule has 7 nitrogen and oxygen atoms in total. The molecule has 1 amide bonds. The Kier molecular flexibility index (Phi) is 5.11. The van der Waals surface area contributed by atoms with E-state index in [9.17, 15) is 4.79 Å². The number of para-hydroxylation sites is 2. The molecule has 27 heavy (non-hydrogen) atoms. The van der Waals surface area contributed by atoms with Crippen LogP contribution in [0.2, 0.25) is 0 Å². The highest BCUT2D eigenvalue weighted by molar-refractivity contribution is 5.98. The van der Waals surface area contributed by atoms with E-state index in [0.29, 0.717) is 43.5 Å². The summed E-state index contributed by atoms with van der Waals surface area (Å²) in [5, 5.41) is 0. The van der Waals surface area contributed by atoms with Crippen molar-refractivity contribution in [2.24, 2.45) is 0 Å². The maximum Gasteiger partial charge on any atom is 0.257 e. The number of morpholine rings is 1. The fraction of sp³-hybridized carbons (Fsp3) is 0.400. The lowest BCUT2D eigenvalue weighted by Gasteiger charge is -2.31. The maximum atomic E-state index is 13.1. The van der Waals surface area contributed by atoms with Gasteiger partial charge in [-0.2, -0.15) is 0 Å². The summed E-state index contributed by atoms with van der Waals surface area (Å²) in [7, 11) is 1.78. The number of likely N-dealkylation sites (N-methyl/N-ethyl adjacent to an activating group) is 1. The fourth-order valence-electron chi connectivity index (χ4n) is 3.34. The predicted octanol–water partition coefficient (Wildman–Crippen LogP) is 1.83. The average molecular weight is 369 g/mol. The van der Waals surface area contributed by atoms with Crippen molar-refractivity contribution >= 4 is 11.7 Å². The smallest absolute Gasteiger partial charge is 0.257 e. The van der Waals surface area contributed by atoms with Crippen LogP contribution in [0.1, 0.15) is 10.4 Å². The predicted molar refractivity (Wildman–Crippen MR) is 101 cm³/mol. The second-order valence-corrected chi connectivity index (χ2v) is 6.66. The van der Waals surface area contributed by atoms with Crippen LogP contribution >= 0.6 is 0 Å². The van der Waals surface area contributed by atoms with E-state index >= 15 is 0 Å². The Morgan fingerprint density at radius 2 is 1.96 bits per heavy atom. The van der Waals surface area contributed by atoms with E-state index in [0.717, 1.165) is 18.8 Å². The Balaban J connectivity index is 1.45. The van der Waals surface area contributed by atoms with Gasteiger partial charge in [-0.1, -0.05) is 12.1 Å². The minimum Gasteiger partial charge on any atom is -0.486 e. The Morgan fingerprint density at radius 1 is 1.19 bits per heavy atom. The number of fused-ring (bicyclic) bond motifs is 1. The van der Waals surface area contributed by atoms with Crippen molar-refractivity contribution in [3.05, 3.63) is 48.2 Å². The van der Waals surface area contributed by atoms with Crippen molar-refractivity contribution in [1.29, 1.82) is 0 Å². The molecule has 2 aliphatic heterocycles. The number of anilines is 1. The third-order valence-corrected chi connectivity index (χ3v) is 4.72. The molecule has 142 valence electrons. The molecule has 1 fully saturated rings. The van der Waals surface area contributed by atoms with E-state index in [4.69, 9.17) is 14.2 Å². The second kappa shape index (κ2) is 7.84. The number of rotatable bonds is 4. The molecule has 0 spiro atoms. The number of hydrogen-bond donors (Lipinski definition) is 0. The highest BCUT2D eigenvalue weighted by Crippen LogP contribution is 2.31. The molecule has 2 aliphatic rings. The van der Waals surface area contributed by atoms with Crippen LogP contribution in [0.5, 0.6) is 11.5 Å². The summed E-state index contributed by atoms with van der Waals surface area (Å²) in [6.45, 7) is 3.61. The van der Waals surface area contributed by atoms with Gasteiger partial charge in [0.15, 0.2) is 17.6 Å². The Bertz CT molecular complexity index is 807. The first-order chi connectivity index (χ1) is 13.2. The van der Waals surface area contributed by atoms with Gasteiger partial charge in [0, 0.05) is 26.3 Å². The Hall–Kier alpha value is -2.80. The number of ether oxygens (including phenoxy) is 3. The Labute approximate surface area is 158 Å². The normalized spacial score (nSPS) is 18.9. The standard InChI is InChI=1S/C20H23N3O4/c1-22(13-15-14-26-17-6-2-3-7-18(17)27-15)20(24)16-5-4-8-21-19(16)23-9-11-25-12-10-23/h2-8,15H,9-14H2,1H3/t15-/m1/s1. The average Bonchev–Trinajstić information content (AvgIpc) is 2.73. The number of hydrogen-bond acceptors (Lipinski definition) is 6. The zero-order valence-electron chi connectivity index (χ0n) is 15.3. The molecular formula is C20H23N3O4. The van der Waals surface area contributed by atoms with Crippen LogP contribution in [0.15, 0.2) is 42.6 Å². The number of carbonyl (C=O) groups excluding carboxylic acids is 1. The van der Waals surface area contributed by atoms with Crippen molar-refractivity contribution in [3.8, 4) is 11.5 Å². The van der Waals surface area contributed by atoms with Gasteiger partial charge in [0.1, 0.15) is 12.4 Å². The summed E-state index contributed by atoms with van der Waals surface area (Å²) in [5.74, 6) is 2.09. The van der Waals surface area contributed by atoms with Crippen LogP contribution in [-0.4, -0.2) is 68.4 Å². The van der Waals surface area contributed by atoms with E-state index in [1.807, 2.05) is 30.3 Å². The lowest BCUT2D eigenvalue weighted by Crippen LogP contribution is -2.43. The third kappa shape index (κ3) is 3.83. The SMILES string of the molecule is CN(C[C@@H]1COc2ccccc2O1)C(=O)c1cccnc1N1CCOCC1. The third-order valence-electron chi connectivity index (χ3n) is 4.72. The number of aromatic nitrogens is 1. The lowest BCUT2D eigenvalue weighted by atomic mass is 10.2. The summed E-state index contributed by atoms with van der Waals surface area (Å²) in [6, 6.07) is 11.2. The van der Waals surface area contributed by atoms with Crippen LogP contribution in [0.25, 0.3) is 0 Å². The van der Waals surface area contributed by atoms with Crippen LogP contribution < -0.4 is 14.4 Å². The number of carbonyl (C=O) groups is 1. The van der Waals surface area contributed by atoms with E-state index in [1.165, 1.54) is 0 Å². The number of pyridine rings is 1. The number of amides is 1. The second-order valence-electron chi connectivity index (χ2n) is 6.66. The molecule has 7 heteroatoms. The van der Waals surface area contributed by atoms with Gasteiger partial charge in [0.2, 0.25) is 0 Å². The summed E-state index contributed by atoms with van der Waals surface area (Å²) in [6.07, 6.45) is 1.51. The van der Waals surface area contributed by atoms with Gasteiger partial charge in [-0.25, -0.2) is 4.98 Å². The fourth-order valence-corrected chi connectivity index (χ4v) is 3.34. The first kappa shape index (κ1) is 17.6. The molecule has 0 bridgehead atoms. The molecule has 0 radical (unpaired) electrons. The van der Waals surface area contributed by atoms with Crippen molar-refractivity contribution in [2.45, 2.75) is 6.10 Å². The topological polar surface area (TPSA) is 64.1 Å². The monoisotopic (exact) mass is 369 g/mol. The minimum atomic E-state index is -0.211. The minimum absolute atomic E-state index is 0.0768. The van der Waals surface area contributed by atoms with Crippen LogP contribution in [-0.2, 0) is 4.74 Å². The first-order valence-electron chi connectivity index (χ1n) is 9.14. The maximum absolute atomic E-state index is 13.1. The molecule has 0 aliphatic carbocycles. The molecule has 2 aromatic rings. The molecule has 1 aromatic heterocycles. The highest BCUT2D eigenvalue weighted by atomic mass is 16.6. The molecule has 1 saturated heterocycles. The van der Waals surface area contributed by atoms with Gasteiger partial charge in [-0.05, 0) is 24.3 Å². The Morgan fingerprint density at radius 3 is 2.78 bits per heavy atom. The van der Waals surface area contributed by atoms with Crippen molar-refractivity contribution in [1.82, 2.24) is 9.88 Å². The summed E-state index contributed by atoms with van der Waals surface area (Å²) in [5.41, 5.74) is 0.596. The van der Waals surface area contributed by atoms with Crippen molar-refractivity contribution in [3.63, 3.8) is 0 Å². The van der Waals surface area contributed by atoms with E-state index in [-0.39, 0.29) is 12.0 Å². The zero-order valence-corrected chi connectivity index (χ0v) is 15.3. The molecular weight excluding hydrogens is 346 g/mol. The summed E-state index contributed by atoms with van der Waals surface area (Å²) >= 11 is 0. The van der Waals surface area contributed by atoms with Crippen LogP contribution in [0.3, 0.4) is 0 Å². The molecule has 3 heterocycles. The number of benzene rings is 1. The van der Waals surface area contributed by atoms with Crippen LogP contribution in [0, 0.1) is 0 Å². The van der Waals surface area contributed by atoms with Crippen molar-refractivity contribution < 1.29 is 19.0 Å². The van der Waals surface area contributed by atoms with Crippen molar-refractivity contribution in [2.75, 3.05) is 51.4 Å². The van der Waals surface area contributed by atoms with Gasteiger partial charge in [-0.15, -0.1) is 0 Å². The molecule has 0 unspecified atom stereocenters. The van der Waals surface area contributed by atoms with E-state index in [1.54, 1.807) is 24.2 Å². The highest BCUT2D eigenvalue weighted by Gasteiger charge is 2.26. The van der Waals surface area contributed by atoms with Gasteiger partial charge in [0.25, 0.3) is 5.91 Å². The van der Waals surface area contributed by atoms with Gasteiger partial charge < -0.3 is 24.0 Å². The molecule has 1 aromatic carbocycles. The largest absolute Gasteiger partial charge is 0.486 e. The molecule has 1 atom stereocenters. The summed E-state index contributed by atoms with van der Waals surface area (Å²) in [4.78, 5) is 21.3. The summed E-state index contributed by atoms with van der Waals surface area (Å²) < 4.78 is 17.1. The first-order valence-corrected chi connectivity index (χ1v) is 9.14. The molecule has 0 saturated carbocycles. The quantitative estimate of drug-likeness (QED) is 0.819. The van der Waals surface area contributed by atoms with E-state index in [2.05, 4.69) is 9.88 Å². The lowest BCUT2D eigenvalue weighted by molar-refractivity contribution is 0.0520.